The predicted octanol–water partition coefficient (Wildman–Crippen LogP) is 5.02. The largest absolute Gasteiger partial charge is 0.342 e. The molecule has 3 aliphatic rings. The number of aromatic nitrogens is 1. The second-order valence-electron chi connectivity index (χ2n) is 9.42. The van der Waals surface area contributed by atoms with Crippen molar-refractivity contribution < 1.29 is 9.18 Å². The van der Waals surface area contributed by atoms with Crippen molar-refractivity contribution in [2.24, 2.45) is 11.3 Å². The number of piperidine rings is 1. The van der Waals surface area contributed by atoms with E-state index in [9.17, 15) is 9.18 Å². The minimum absolute atomic E-state index is 0.198. The first-order valence-electron chi connectivity index (χ1n) is 11.0. The van der Waals surface area contributed by atoms with E-state index < -0.39 is 0 Å². The van der Waals surface area contributed by atoms with E-state index in [-0.39, 0.29) is 5.82 Å². The molecule has 1 saturated heterocycles. The summed E-state index contributed by atoms with van der Waals surface area (Å²) in [5, 5.41) is 0. The fourth-order valence-electron chi connectivity index (χ4n) is 5.41. The van der Waals surface area contributed by atoms with Gasteiger partial charge in [0.2, 0.25) is 5.91 Å². The maximum absolute atomic E-state index is 13.2. The van der Waals surface area contributed by atoms with E-state index in [1.165, 1.54) is 37.0 Å². The first-order chi connectivity index (χ1) is 14.0. The van der Waals surface area contributed by atoms with Crippen LogP contribution in [-0.2, 0) is 11.2 Å². The molecule has 1 atom stereocenters. The second kappa shape index (κ2) is 7.23. The van der Waals surface area contributed by atoms with Crippen LogP contribution in [0, 0.1) is 24.1 Å². The second-order valence-corrected chi connectivity index (χ2v) is 9.42. The molecule has 3 fully saturated rings. The Morgan fingerprint density at radius 1 is 1.14 bits per heavy atom. The van der Waals surface area contributed by atoms with Gasteiger partial charge in [-0.3, -0.25) is 9.78 Å². The summed E-state index contributed by atoms with van der Waals surface area (Å²) in [6, 6.07) is 11.1. The molecule has 0 N–H and O–H groups in total. The van der Waals surface area contributed by atoms with E-state index in [1.54, 1.807) is 0 Å². The number of amides is 1. The Hall–Kier alpha value is -2.23. The Balaban J connectivity index is 1.23. The SMILES string of the molecule is Cc1cc(Cc2ccc(F)cc2)cc(C2CCN(C(=O)[C@H]3CC34CCC4)CC2)n1. The van der Waals surface area contributed by atoms with Gasteiger partial charge in [0.05, 0.1) is 0 Å². The van der Waals surface area contributed by atoms with Crippen molar-refractivity contribution in [2.75, 3.05) is 13.1 Å². The number of carbonyl (C=O) groups excluding carboxylic acids is 1. The van der Waals surface area contributed by atoms with Crippen LogP contribution in [0.2, 0.25) is 0 Å². The lowest BCUT2D eigenvalue weighted by Gasteiger charge is -2.34. The Morgan fingerprint density at radius 2 is 1.86 bits per heavy atom. The molecule has 0 radical (unpaired) electrons. The number of hydrogen-bond donors (Lipinski definition) is 0. The van der Waals surface area contributed by atoms with Crippen LogP contribution in [0.1, 0.15) is 67.0 Å². The van der Waals surface area contributed by atoms with Crippen LogP contribution in [0.3, 0.4) is 0 Å². The maximum atomic E-state index is 13.2. The lowest BCUT2D eigenvalue weighted by atomic mass is 9.79. The topological polar surface area (TPSA) is 33.2 Å². The van der Waals surface area contributed by atoms with Gasteiger partial charge in [0, 0.05) is 36.3 Å². The van der Waals surface area contributed by atoms with Gasteiger partial charge in [-0.25, -0.2) is 4.39 Å². The van der Waals surface area contributed by atoms with Crippen molar-refractivity contribution in [2.45, 2.75) is 57.8 Å². The third kappa shape index (κ3) is 3.70. The van der Waals surface area contributed by atoms with Gasteiger partial charge in [0.25, 0.3) is 0 Å². The molecule has 29 heavy (non-hydrogen) atoms. The zero-order valence-electron chi connectivity index (χ0n) is 17.2. The number of halogens is 1. The molecule has 2 aliphatic carbocycles. The monoisotopic (exact) mass is 392 g/mol. The summed E-state index contributed by atoms with van der Waals surface area (Å²) >= 11 is 0. The highest BCUT2D eigenvalue weighted by Crippen LogP contribution is 2.66. The highest BCUT2D eigenvalue weighted by Gasteiger charge is 2.61. The van der Waals surface area contributed by atoms with E-state index in [0.717, 1.165) is 55.7 Å². The first kappa shape index (κ1) is 18.8. The molecule has 4 heteroatoms. The summed E-state index contributed by atoms with van der Waals surface area (Å²) in [4.78, 5) is 19.8. The molecule has 1 spiro atoms. The lowest BCUT2D eigenvalue weighted by Crippen LogP contribution is -2.40. The quantitative estimate of drug-likeness (QED) is 0.732. The molecule has 0 unspecified atom stereocenters. The number of nitrogens with zero attached hydrogens (tertiary/aromatic N) is 2. The van der Waals surface area contributed by atoms with E-state index in [0.29, 0.717) is 23.2 Å². The summed E-state index contributed by atoms with van der Waals surface area (Å²) in [7, 11) is 0. The number of pyridine rings is 1. The molecule has 152 valence electrons. The third-order valence-electron chi connectivity index (χ3n) is 7.42. The molecule has 1 amide bonds. The van der Waals surface area contributed by atoms with Crippen LogP contribution in [-0.4, -0.2) is 28.9 Å². The molecule has 5 rings (SSSR count). The summed E-state index contributed by atoms with van der Waals surface area (Å²) in [5.74, 6) is 0.962. The molecular weight excluding hydrogens is 363 g/mol. The number of carbonyl (C=O) groups is 1. The number of hydrogen-bond acceptors (Lipinski definition) is 2. The van der Waals surface area contributed by atoms with Gasteiger partial charge in [0.15, 0.2) is 0 Å². The van der Waals surface area contributed by atoms with Crippen molar-refractivity contribution >= 4 is 5.91 Å². The summed E-state index contributed by atoms with van der Waals surface area (Å²) < 4.78 is 13.2. The van der Waals surface area contributed by atoms with Gasteiger partial charge in [-0.05, 0) is 86.3 Å². The molecule has 2 aromatic rings. The van der Waals surface area contributed by atoms with Crippen LogP contribution in [0.15, 0.2) is 36.4 Å². The normalized spacial score (nSPS) is 23.1. The maximum Gasteiger partial charge on any atom is 0.226 e. The summed E-state index contributed by atoms with van der Waals surface area (Å²) in [6.07, 6.45) is 7.77. The molecule has 2 saturated carbocycles. The highest BCUT2D eigenvalue weighted by atomic mass is 19.1. The van der Waals surface area contributed by atoms with Crippen LogP contribution in [0.25, 0.3) is 0 Å². The average Bonchev–Trinajstić information content (AvgIpc) is 3.46. The minimum Gasteiger partial charge on any atom is -0.342 e. The Labute approximate surface area is 172 Å². The van der Waals surface area contributed by atoms with Gasteiger partial charge in [0.1, 0.15) is 5.82 Å². The smallest absolute Gasteiger partial charge is 0.226 e. The summed E-state index contributed by atoms with van der Waals surface area (Å²) in [5.41, 5.74) is 4.93. The van der Waals surface area contributed by atoms with Gasteiger partial charge < -0.3 is 4.90 Å². The van der Waals surface area contributed by atoms with Crippen LogP contribution >= 0.6 is 0 Å². The van der Waals surface area contributed by atoms with Gasteiger partial charge in [-0.1, -0.05) is 18.6 Å². The van der Waals surface area contributed by atoms with Crippen molar-refractivity contribution in [3.05, 3.63) is 64.7 Å². The molecule has 3 nitrogen and oxygen atoms in total. The van der Waals surface area contributed by atoms with Gasteiger partial charge in [-0.2, -0.15) is 0 Å². The molecule has 0 bridgehead atoms. The number of aryl methyl sites for hydroxylation is 1. The van der Waals surface area contributed by atoms with Crippen molar-refractivity contribution in [3.8, 4) is 0 Å². The van der Waals surface area contributed by atoms with Gasteiger partial charge >= 0.3 is 0 Å². The predicted molar refractivity (Wildman–Crippen MR) is 111 cm³/mol. The molecule has 2 heterocycles. The van der Waals surface area contributed by atoms with Crippen LogP contribution in [0.5, 0.6) is 0 Å². The fraction of sp³-hybridized carbons (Fsp3) is 0.520. The average molecular weight is 393 g/mol. The Morgan fingerprint density at radius 3 is 2.48 bits per heavy atom. The van der Waals surface area contributed by atoms with E-state index in [1.807, 2.05) is 19.1 Å². The molecule has 1 aromatic carbocycles. The Bertz CT molecular complexity index is 911. The van der Waals surface area contributed by atoms with Crippen LogP contribution < -0.4 is 0 Å². The molecule has 1 aliphatic heterocycles. The van der Waals surface area contributed by atoms with Crippen molar-refractivity contribution in [1.29, 1.82) is 0 Å². The third-order valence-corrected chi connectivity index (χ3v) is 7.42. The first-order valence-corrected chi connectivity index (χ1v) is 11.0. The zero-order valence-corrected chi connectivity index (χ0v) is 17.2. The van der Waals surface area contributed by atoms with E-state index in [2.05, 4.69) is 17.0 Å². The lowest BCUT2D eigenvalue weighted by molar-refractivity contribution is -0.135. The molecular formula is C25H29FN2O. The minimum atomic E-state index is -0.198. The van der Waals surface area contributed by atoms with E-state index in [4.69, 9.17) is 4.98 Å². The fourth-order valence-corrected chi connectivity index (χ4v) is 5.41. The molecule has 1 aromatic heterocycles. The zero-order chi connectivity index (χ0) is 20.0. The summed E-state index contributed by atoms with van der Waals surface area (Å²) in [6.45, 7) is 3.76. The standard InChI is InChI=1S/C25H29FN2O/c1-17-13-19(14-18-3-5-21(26)6-4-18)15-23(27-17)20-7-11-28(12-8-20)24(29)22-16-25(22)9-2-10-25/h3-6,13,15,20,22H,2,7-12,14,16H2,1H3/t22-/m1/s1. The highest BCUT2D eigenvalue weighted by molar-refractivity contribution is 5.83. The number of rotatable bonds is 4. The van der Waals surface area contributed by atoms with E-state index >= 15 is 0 Å². The number of benzene rings is 1. The number of likely N-dealkylation sites (tertiary alicyclic amines) is 1. The van der Waals surface area contributed by atoms with Crippen LogP contribution in [0.4, 0.5) is 4.39 Å². The van der Waals surface area contributed by atoms with Crippen molar-refractivity contribution in [1.82, 2.24) is 9.88 Å². The van der Waals surface area contributed by atoms with Crippen molar-refractivity contribution in [3.63, 3.8) is 0 Å². The van der Waals surface area contributed by atoms with Gasteiger partial charge in [-0.15, -0.1) is 0 Å². The Kier molecular flexibility index (Phi) is 4.68.